The van der Waals surface area contributed by atoms with Crippen LogP contribution in [0.3, 0.4) is 0 Å². The Bertz CT molecular complexity index is 1050. The summed E-state index contributed by atoms with van der Waals surface area (Å²) in [5.41, 5.74) is -1.79. The van der Waals surface area contributed by atoms with E-state index in [2.05, 4.69) is 0 Å². The lowest BCUT2D eigenvalue weighted by Crippen LogP contribution is -2.39. The molecule has 1 heterocycles. The van der Waals surface area contributed by atoms with Crippen LogP contribution in [-0.4, -0.2) is 40.8 Å². The van der Waals surface area contributed by atoms with Gasteiger partial charge < -0.3 is 19.5 Å². The first-order valence-electron chi connectivity index (χ1n) is 10.7. The van der Waals surface area contributed by atoms with Crippen molar-refractivity contribution in [2.24, 2.45) is 0 Å². The second-order valence-electron chi connectivity index (χ2n) is 8.64. The number of carboxylic acid groups (broad SMARTS) is 1. The number of carboxylic acids is 1. The van der Waals surface area contributed by atoms with Crippen molar-refractivity contribution in [2.75, 3.05) is 13.1 Å². The Labute approximate surface area is 194 Å². The number of carbonyl (C=O) groups is 2. The maximum atomic E-state index is 13.7. The van der Waals surface area contributed by atoms with E-state index in [4.69, 9.17) is 9.47 Å². The van der Waals surface area contributed by atoms with Crippen LogP contribution in [0.4, 0.5) is 22.4 Å². The SMILES string of the molecule is CC(C)(Oc1cccc(C2CCCN(C(=O)OCc3ccc(C(F)(F)F)c(F)c3)C2)c1)C(=O)O. The summed E-state index contributed by atoms with van der Waals surface area (Å²) in [6.07, 6.45) is -3.96. The summed E-state index contributed by atoms with van der Waals surface area (Å²) in [7, 11) is 0. The topological polar surface area (TPSA) is 76.1 Å². The number of nitrogens with zero attached hydrogens (tertiary/aromatic N) is 1. The van der Waals surface area contributed by atoms with Gasteiger partial charge in [0.05, 0.1) is 5.56 Å². The highest BCUT2D eigenvalue weighted by Gasteiger charge is 2.34. The summed E-state index contributed by atoms with van der Waals surface area (Å²) in [4.78, 5) is 25.3. The van der Waals surface area contributed by atoms with Gasteiger partial charge in [-0.25, -0.2) is 14.0 Å². The summed E-state index contributed by atoms with van der Waals surface area (Å²) in [5.74, 6) is -2.17. The summed E-state index contributed by atoms with van der Waals surface area (Å²) < 4.78 is 62.6. The van der Waals surface area contributed by atoms with Gasteiger partial charge in [0.15, 0.2) is 5.60 Å². The van der Waals surface area contributed by atoms with Crippen LogP contribution < -0.4 is 4.74 Å². The third kappa shape index (κ3) is 6.18. The minimum atomic E-state index is -4.80. The van der Waals surface area contributed by atoms with Gasteiger partial charge in [-0.05, 0) is 62.1 Å². The Kier molecular flexibility index (Phi) is 7.38. The van der Waals surface area contributed by atoms with E-state index in [-0.39, 0.29) is 18.1 Å². The summed E-state index contributed by atoms with van der Waals surface area (Å²) in [6.45, 7) is 3.32. The number of benzene rings is 2. The first-order chi connectivity index (χ1) is 15.9. The molecule has 3 rings (SSSR count). The van der Waals surface area contributed by atoms with E-state index in [0.29, 0.717) is 37.4 Å². The molecule has 0 aliphatic carbocycles. The third-order valence-corrected chi connectivity index (χ3v) is 5.60. The maximum absolute atomic E-state index is 13.7. The molecule has 1 aliphatic heterocycles. The van der Waals surface area contributed by atoms with Gasteiger partial charge >= 0.3 is 18.2 Å². The molecule has 0 bridgehead atoms. The molecule has 1 N–H and O–H groups in total. The highest BCUT2D eigenvalue weighted by atomic mass is 19.4. The largest absolute Gasteiger partial charge is 0.478 e. The van der Waals surface area contributed by atoms with Crippen LogP contribution in [-0.2, 0) is 22.3 Å². The van der Waals surface area contributed by atoms with E-state index in [0.717, 1.165) is 18.1 Å². The van der Waals surface area contributed by atoms with Crippen LogP contribution >= 0.6 is 0 Å². The number of halogens is 4. The van der Waals surface area contributed by atoms with Crippen molar-refractivity contribution in [3.05, 3.63) is 65.0 Å². The van der Waals surface area contributed by atoms with Gasteiger partial charge in [-0.2, -0.15) is 13.2 Å². The first kappa shape index (κ1) is 25.3. The first-order valence-corrected chi connectivity index (χ1v) is 10.7. The van der Waals surface area contributed by atoms with Crippen molar-refractivity contribution in [1.29, 1.82) is 0 Å². The number of hydrogen-bond acceptors (Lipinski definition) is 4. The molecule has 0 aromatic heterocycles. The van der Waals surface area contributed by atoms with Crippen LogP contribution in [0.5, 0.6) is 5.75 Å². The molecule has 34 heavy (non-hydrogen) atoms. The molecular formula is C24H25F4NO5. The zero-order valence-electron chi connectivity index (χ0n) is 18.7. The Morgan fingerprint density at radius 3 is 2.53 bits per heavy atom. The minimum Gasteiger partial charge on any atom is -0.478 e. The molecule has 1 atom stereocenters. The zero-order chi connectivity index (χ0) is 25.1. The lowest BCUT2D eigenvalue weighted by molar-refractivity contribution is -0.152. The Morgan fingerprint density at radius 2 is 1.88 bits per heavy atom. The molecular weight excluding hydrogens is 458 g/mol. The van der Waals surface area contributed by atoms with Gasteiger partial charge in [-0.1, -0.05) is 18.2 Å². The minimum absolute atomic E-state index is 0.0405. The number of aliphatic carboxylic acids is 1. The standard InChI is InChI=1S/C24H25F4NO5/c1-23(2,21(30)31)34-18-7-3-5-16(12-18)17-6-4-10-29(13-17)22(32)33-14-15-8-9-19(20(25)11-15)24(26,27)28/h3,5,7-9,11-12,17H,4,6,10,13-14H2,1-2H3,(H,30,31). The molecule has 1 unspecified atom stereocenters. The quantitative estimate of drug-likeness (QED) is 0.541. The number of carbonyl (C=O) groups excluding carboxylic acids is 1. The number of likely N-dealkylation sites (tertiary alicyclic amines) is 1. The van der Waals surface area contributed by atoms with Gasteiger partial charge in [-0.3, -0.25) is 0 Å². The smallest absolute Gasteiger partial charge is 0.419 e. The fourth-order valence-electron chi connectivity index (χ4n) is 3.70. The Morgan fingerprint density at radius 1 is 1.15 bits per heavy atom. The lowest BCUT2D eigenvalue weighted by Gasteiger charge is -2.32. The van der Waals surface area contributed by atoms with Crippen LogP contribution in [0.1, 0.15) is 49.3 Å². The molecule has 0 radical (unpaired) electrons. The average Bonchev–Trinajstić information content (AvgIpc) is 2.76. The third-order valence-electron chi connectivity index (χ3n) is 5.60. The summed E-state index contributed by atoms with van der Waals surface area (Å²) in [6, 6.07) is 9.42. The van der Waals surface area contributed by atoms with Crippen LogP contribution in [0, 0.1) is 5.82 Å². The number of ether oxygens (including phenoxy) is 2. The van der Waals surface area contributed by atoms with Gasteiger partial charge in [-0.15, -0.1) is 0 Å². The number of amides is 1. The molecule has 184 valence electrons. The number of rotatable bonds is 6. The predicted octanol–water partition coefficient (Wildman–Crippen LogP) is 5.60. The van der Waals surface area contributed by atoms with Gasteiger partial charge in [0.2, 0.25) is 0 Å². The fraction of sp³-hybridized carbons (Fsp3) is 0.417. The van der Waals surface area contributed by atoms with Crippen LogP contribution in [0.25, 0.3) is 0 Å². The van der Waals surface area contributed by atoms with E-state index in [9.17, 15) is 32.3 Å². The van der Waals surface area contributed by atoms with Gasteiger partial charge in [0, 0.05) is 19.0 Å². The van der Waals surface area contributed by atoms with E-state index in [1.807, 2.05) is 6.07 Å². The monoisotopic (exact) mass is 483 g/mol. The normalized spacial score (nSPS) is 16.8. The highest BCUT2D eigenvalue weighted by molar-refractivity contribution is 5.76. The van der Waals surface area contributed by atoms with Crippen molar-refractivity contribution >= 4 is 12.1 Å². The number of piperidine rings is 1. The summed E-state index contributed by atoms with van der Waals surface area (Å²) >= 11 is 0. The molecule has 1 saturated heterocycles. The molecule has 1 fully saturated rings. The van der Waals surface area contributed by atoms with E-state index >= 15 is 0 Å². The number of alkyl halides is 3. The van der Waals surface area contributed by atoms with Crippen molar-refractivity contribution in [1.82, 2.24) is 4.90 Å². The molecule has 10 heteroatoms. The lowest BCUT2D eigenvalue weighted by atomic mass is 9.90. The molecule has 1 aliphatic rings. The van der Waals surface area contributed by atoms with Crippen molar-refractivity contribution in [3.8, 4) is 5.75 Å². The van der Waals surface area contributed by atoms with Crippen molar-refractivity contribution in [3.63, 3.8) is 0 Å². The predicted molar refractivity (Wildman–Crippen MR) is 114 cm³/mol. The summed E-state index contributed by atoms with van der Waals surface area (Å²) in [5, 5.41) is 9.26. The second kappa shape index (κ2) is 9.90. The van der Waals surface area contributed by atoms with E-state index in [1.54, 1.807) is 18.2 Å². The molecule has 6 nitrogen and oxygen atoms in total. The molecule has 0 spiro atoms. The Balaban J connectivity index is 1.62. The molecule has 0 saturated carbocycles. The molecule has 2 aromatic carbocycles. The van der Waals surface area contributed by atoms with Gasteiger partial charge in [0.25, 0.3) is 0 Å². The van der Waals surface area contributed by atoms with Crippen molar-refractivity contribution in [2.45, 2.75) is 51.0 Å². The van der Waals surface area contributed by atoms with E-state index in [1.165, 1.54) is 18.7 Å². The second-order valence-corrected chi connectivity index (χ2v) is 8.64. The molecule has 2 aromatic rings. The highest BCUT2D eigenvalue weighted by Crippen LogP contribution is 2.32. The zero-order valence-corrected chi connectivity index (χ0v) is 18.7. The fourth-order valence-corrected chi connectivity index (χ4v) is 3.70. The maximum Gasteiger partial charge on any atom is 0.419 e. The van der Waals surface area contributed by atoms with Crippen molar-refractivity contribution < 1.29 is 41.7 Å². The number of hydrogen-bond donors (Lipinski definition) is 1. The molecule has 1 amide bonds. The van der Waals surface area contributed by atoms with Crippen LogP contribution in [0.2, 0.25) is 0 Å². The van der Waals surface area contributed by atoms with E-state index < -0.39 is 35.2 Å². The van der Waals surface area contributed by atoms with Crippen LogP contribution in [0.15, 0.2) is 42.5 Å². The Hall–Kier alpha value is -3.30. The van der Waals surface area contributed by atoms with Gasteiger partial charge in [0.1, 0.15) is 18.2 Å². The average molecular weight is 483 g/mol.